The number of imidazole rings is 1. The Morgan fingerprint density at radius 3 is 2.44 bits per heavy atom. The molecule has 1 aliphatic rings. The minimum absolute atomic E-state index is 0.180. The zero-order valence-corrected chi connectivity index (χ0v) is 23.8. The highest BCUT2D eigenvalue weighted by Gasteiger charge is 2.24. The molecule has 3 heterocycles. The van der Waals surface area contributed by atoms with Gasteiger partial charge in [0.15, 0.2) is 17.4 Å². The standard InChI is InChI=1S/C35H31F2N5O/c1-2-24-17-32(43-21-23-11-7-4-8-12-23)27(36)18-26(24)25-15-28(37)33-30(16-25)40-41-34(33)35-38-29-13-14-42(20-31(29)39-35)19-22-9-5-3-6-10-22/h3-12,15-18H,2,13-14,19-21H2,1H3,(H,38,39)(H,40,41). The molecule has 0 bridgehead atoms. The molecule has 6 nitrogen and oxygen atoms in total. The molecule has 2 aromatic heterocycles. The highest BCUT2D eigenvalue weighted by Crippen LogP contribution is 2.36. The predicted octanol–water partition coefficient (Wildman–Crippen LogP) is 7.60. The third-order valence-electron chi connectivity index (χ3n) is 8.09. The van der Waals surface area contributed by atoms with Crippen LogP contribution in [0.3, 0.4) is 0 Å². The van der Waals surface area contributed by atoms with Crippen LogP contribution in [0.25, 0.3) is 33.5 Å². The molecule has 8 heteroatoms. The first kappa shape index (κ1) is 27.0. The quantitative estimate of drug-likeness (QED) is 0.196. The van der Waals surface area contributed by atoms with Crippen LogP contribution in [0.2, 0.25) is 0 Å². The van der Waals surface area contributed by atoms with Crippen LogP contribution in [0, 0.1) is 11.6 Å². The summed E-state index contributed by atoms with van der Waals surface area (Å²) in [5.41, 5.74) is 7.26. The summed E-state index contributed by atoms with van der Waals surface area (Å²) in [6.45, 7) is 4.75. The van der Waals surface area contributed by atoms with Crippen LogP contribution >= 0.6 is 0 Å². The van der Waals surface area contributed by atoms with Gasteiger partial charge < -0.3 is 9.72 Å². The van der Waals surface area contributed by atoms with Crippen LogP contribution in [-0.2, 0) is 32.5 Å². The fourth-order valence-corrected chi connectivity index (χ4v) is 5.88. The molecule has 0 amide bonds. The summed E-state index contributed by atoms with van der Waals surface area (Å²) in [4.78, 5) is 10.6. The van der Waals surface area contributed by atoms with Gasteiger partial charge in [0.25, 0.3) is 0 Å². The maximum absolute atomic E-state index is 15.8. The molecule has 0 fully saturated rings. The first-order chi connectivity index (χ1) is 21.1. The van der Waals surface area contributed by atoms with Crippen molar-refractivity contribution in [2.45, 2.75) is 39.5 Å². The lowest BCUT2D eigenvalue weighted by atomic mass is 9.96. The molecule has 6 aromatic rings. The van der Waals surface area contributed by atoms with E-state index < -0.39 is 11.6 Å². The lowest BCUT2D eigenvalue weighted by molar-refractivity contribution is 0.241. The van der Waals surface area contributed by atoms with Crippen molar-refractivity contribution in [2.75, 3.05) is 6.54 Å². The van der Waals surface area contributed by atoms with E-state index in [0.29, 0.717) is 40.0 Å². The Bertz CT molecular complexity index is 1900. The summed E-state index contributed by atoms with van der Waals surface area (Å²) in [6, 6.07) is 26.4. The molecule has 1 aliphatic heterocycles. The number of H-pyrrole nitrogens is 2. The van der Waals surface area contributed by atoms with Gasteiger partial charge in [-0.15, -0.1) is 0 Å². The summed E-state index contributed by atoms with van der Waals surface area (Å²) in [5.74, 6) is -0.205. The number of ether oxygens (including phenoxy) is 1. The molecule has 0 radical (unpaired) electrons. The molecule has 0 aliphatic carbocycles. The van der Waals surface area contributed by atoms with Crippen molar-refractivity contribution in [3.8, 4) is 28.4 Å². The summed E-state index contributed by atoms with van der Waals surface area (Å²) in [5, 5.41) is 7.79. The molecule has 0 atom stereocenters. The van der Waals surface area contributed by atoms with Crippen LogP contribution in [0.1, 0.15) is 35.0 Å². The van der Waals surface area contributed by atoms with Crippen molar-refractivity contribution >= 4 is 10.9 Å². The molecule has 216 valence electrons. The van der Waals surface area contributed by atoms with Crippen LogP contribution in [0.5, 0.6) is 5.75 Å². The highest BCUT2D eigenvalue weighted by atomic mass is 19.1. The van der Waals surface area contributed by atoms with Gasteiger partial charge >= 0.3 is 0 Å². The van der Waals surface area contributed by atoms with Gasteiger partial charge in [-0.05, 0) is 58.5 Å². The van der Waals surface area contributed by atoms with Crippen molar-refractivity contribution in [1.29, 1.82) is 0 Å². The van der Waals surface area contributed by atoms with Gasteiger partial charge in [-0.2, -0.15) is 5.10 Å². The number of nitrogens with one attached hydrogen (secondary N) is 2. The number of aromatic amines is 2. The maximum atomic E-state index is 15.8. The van der Waals surface area contributed by atoms with E-state index in [4.69, 9.17) is 9.72 Å². The third kappa shape index (κ3) is 5.42. The van der Waals surface area contributed by atoms with Gasteiger partial charge in [-0.1, -0.05) is 67.6 Å². The van der Waals surface area contributed by atoms with Gasteiger partial charge in [0.2, 0.25) is 0 Å². The second-order valence-corrected chi connectivity index (χ2v) is 11.0. The van der Waals surface area contributed by atoms with Crippen molar-refractivity contribution in [3.05, 3.63) is 125 Å². The minimum atomic E-state index is -0.489. The lowest BCUT2D eigenvalue weighted by Crippen LogP contribution is -2.30. The Morgan fingerprint density at radius 1 is 0.907 bits per heavy atom. The first-order valence-electron chi connectivity index (χ1n) is 14.6. The SMILES string of the molecule is CCc1cc(OCc2ccccc2)c(F)cc1-c1cc(F)c2c(-c3nc4c([nH]3)CN(Cc3ccccc3)CC4)n[nH]c2c1. The van der Waals surface area contributed by atoms with E-state index in [9.17, 15) is 0 Å². The van der Waals surface area contributed by atoms with Gasteiger partial charge in [-0.3, -0.25) is 10.00 Å². The van der Waals surface area contributed by atoms with Crippen molar-refractivity contribution in [1.82, 2.24) is 25.1 Å². The monoisotopic (exact) mass is 575 g/mol. The van der Waals surface area contributed by atoms with Crippen LogP contribution in [0.4, 0.5) is 8.78 Å². The zero-order valence-electron chi connectivity index (χ0n) is 23.8. The van der Waals surface area contributed by atoms with Crippen LogP contribution < -0.4 is 4.74 Å². The molecule has 2 N–H and O–H groups in total. The number of hydrogen-bond donors (Lipinski definition) is 2. The van der Waals surface area contributed by atoms with E-state index in [1.54, 1.807) is 6.07 Å². The number of nitrogens with zero attached hydrogens (tertiary/aromatic N) is 3. The van der Waals surface area contributed by atoms with Crippen LogP contribution in [0.15, 0.2) is 84.9 Å². The van der Waals surface area contributed by atoms with Crippen molar-refractivity contribution in [2.24, 2.45) is 0 Å². The molecule has 7 rings (SSSR count). The van der Waals surface area contributed by atoms with Gasteiger partial charge in [0, 0.05) is 26.1 Å². The lowest BCUT2D eigenvalue weighted by Gasteiger charge is -2.25. The van der Waals surface area contributed by atoms with E-state index in [0.717, 1.165) is 48.6 Å². The molecule has 4 aromatic carbocycles. The summed E-state index contributed by atoms with van der Waals surface area (Å²) in [7, 11) is 0. The summed E-state index contributed by atoms with van der Waals surface area (Å²) in [6.07, 6.45) is 1.44. The van der Waals surface area contributed by atoms with E-state index in [-0.39, 0.29) is 12.4 Å². The fourth-order valence-electron chi connectivity index (χ4n) is 5.88. The third-order valence-corrected chi connectivity index (χ3v) is 8.09. The molecule has 0 spiro atoms. The molecule has 43 heavy (non-hydrogen) atoms. The second-order valence-electron chi connectivity index (χ2n) is 11.0. The van der Waals surface area contributed by atoms with Gasteiger partial charge in [0.05, 0.1) is 22.3 Å². The number of aromatic nitrogens is 4. The number of halogens is 2. The Balaban J connectivity index is 1.15. The Kier molecular flexibility index (Phi) is 7.20. The number of fused-ring (bicyclic) bond motifs is 2. The van der Waals surface area contributed by atoms with E-state index >= 15 is 8.78 Å². The summed E-state index contributed by atoms with van der Waals surface area (Å²) >= 11 is 0. The molecule has 0 saturated heterocycles. The average Bonchev–Trinajstić information content (AvgIpc) is 3.66. The van der Waals surface area contributed by atoms with Gasteiger partial charge in [-0.25, -0.2) is 13.8 Å². The van der Waals surface area contributed by atoms with E-state index in [1.807, 2.05) is 49.4 Å². The molecule has 0 unspecified atom stereocenters. The molecular formula is C35H31F2N5O. The average molecular weight is 576 g/mol. The summed E-state index contributed by atoms with van der Waals surface area (Å²) < 4.78 is 36.8. The molecular weight excluding hydrogens is 544 g/mol. The molecule has 0 saturated carbocycles. The largest absolute Gasteiger partial charge is 0.486 e. The maximum Gasteiger partial charge on any atom is 0.165 e. The van der Waals surface area contributed by atoms with E-state index in [2.05, 4.69) is 44.3 Å². The first-order valence-corrected chi connectivity index (χ1v) is 14.6. The Hall–Kier alpha value is -4.82. The zero-order chi connectivity index (χ0) is 29.3. The van der Waals surface area contributed by atoms with Crippen LogP contribution in [-0.4, -0.2) is 31.6 Å². The number of aryl methyl sites for hydroxylation is 1. The fraction of sp³-hybridized carbons (Fsp3) is 0.200. The van der Waals surface area contributed by atoms with Gasteiger partial charge in [0.1, 0.15) is 18.1 Å². The normalized spacial score (nSPS) is 13.4. The number of rotatable bonds is 8. The Morgan fingerprint density at radius 2 is 1.67 bits per heavy atom. The highest BCUT2D eigenvalue weighted by molar-refractivity contribution is 5.94. The Labute approximate surface area is 248 Å². The predicted molar refractivity (Wildman–Crippen MR) is 163 cm³/mol. The number of benzene rings is 4. The van der Waals surface area contributed by atoms with Crippen molar-refractivity contribution in [3.63, 3.8) is 0 Å². The second kappa shape index (κ2) is 11.5. The van der Waals surface area contributed by atoms with E-state index in [1.165, 1.54) is 17.7 Å². The number of hydrogen-bond acceptors (Lipinski definition) is 4. The smallest absolute Gasteiger partial charge is 0.165 e. The topological polar surface area (TPSA) is 69.8 Å². The minimum Gasteiger partial charge on any atom is -0.486 e. The van der Waals surface area contributed by atoms with Crippen molar-refractivity contribution < 1.29 is 13.5 Å².